The first-order chi connectivity index (χ1) is 13.7. The van der Waals surface area contributed by atoms with Crippen molar-refractivity contribution in [3.05, 3.63) is 90.0 Å². The van der Waals surface area contributed by atoms with Crippen molar-refractivity contribution in [1.82, 2.24) is 5.43 Å². The number of hydrogen-bond donors (Lipinski definition) is 2. The minimum Gasteiger partial charge on any atom is -0.497 e. The third-order valence-electron chi connectivity index (χ3n) is 3.84. The molecule has 0 radical (unpaired) electrons. The molecular formula is C22H21N3O2S. The molecule has 0 aliphatic carbocycles. The van der Waals surface area contributed by atoms with E-state index in [1.165, 1.54) is 0 Å². The van der Waals surface area contributed by atoms with Crippen LogP contribution in [0, 0.1) is 0 Å². The fourth-order valence-corrected chi connectivity index (χ4v) is 2.59. The molecule has 0 aromatic heterocycles. The number of benzene rings is 3. The van der Waals surface area contributed by atoms with E-state index < -0.39 is 0 Å². The van der Waals surface area contributed by atoms with Crippen LogP contribution in [0.15, 0.2) is 84.0 Å². The predicted octanol–water partition coefficient (Wildman–Crippen LogP) is 4.59. The molecule has 0 saturated carbocycles. The average Bonchev–Trinajstić information content (AvgIpc) is 2.74. The van der Waals surface area contributed by atoms with Gasteiger partial charge in [0.2, 0.25) is 0 Å². The van der Waals surface area contributed by atoms with Crippen molar-refractivity contribution in [2.45, 2.75) is 6.61 Å². The average molecular weight is 391 g/mol. The topological polar surface area (TPSA) is 54.9 Å². The van der Waals surface area contributed by atoms with Gasteiger partial charge in [-0.1, -0.05) is 36.4 Å². The van der Waals surface area contributed by atoms with Crippen LogP contribution < -0.4 is 20.2 Å². The van der Waals surface area contributed by atoms with Gasteiger partial charge in [0.15, 0.2) is 5.11 Å². The van der Waals surface area contributed by atoms with Crippen LogP contribution in [0.3, 0.4) is 0 Å². The lowest BCUT2D eigenvalue weighted by atomic mass is 10.2. The van der Waals surface area contributed by atoms with Gasteiger partial charge in [0.1, 0.15) is 18.1 Å². The molecule has 142 valence electrons. The second kappa shape index (κ2) is 10.1. The van der Waals surface area contributed by atoms with Gasteiger partial charge < -0.3 is 14.8 Å². The van der Waals surface area contributed by atoms with Crippen LogP contribution in [0.2, 0.25) is 0 Å². The Morgan fingerprint density at radius 2 is 1.75 bits per heavy atom. The maximum absolute atomic E-state index is 5.77. The molecule has 0 spiro atoms. The monoisotopic (exact) mass is 391 g/mol. The highest BCUT2D eigenvalue weighted by molar-refractivity contribution is 7.80. The number of hydrazone groups is 1. The number of ether oxygens (including phenoxy) is 2. The van der Waals surface area contributed by atoms with E-state index in [2.05, 4.69) is 15.8 Å². The first kappa shape index (κ1) is 19.4. The molecule has 0 unspecified atom stereocenters. The number of nitrogens with one attached hydrogen (secondary N) is 2. The van der Waals surface area contributed by atoms with Crippen molar-refractivity contribution >= 4 is 29.2 Å². The van der Waals surface area contributed by atoms with E-state index in [4.69, 9.17) is 21.7 Å². The van der Waals surface area contributed by atoms with Crippen molar-refractivity contribution in [2.24, 2.45) is 5.10 Å². The van der Waals surface area contributed by atoms with Crippen molar-refractivity contribution in [1.29, 1.82) is 0 Å². The van der Waals surface area contributed by atoms with Gasteiger partial charge in [0.05, 0.1) is 13.3 Å². The van der Waals surface area contributed by atoms with Gasteiger partial charge in [0, 0.05) is 11.8 Å². The first-order valence-electron chi connectivity index (χ1n) is 8.74. The van der Waals surface area contributed by atoms with Crippen LogP contribution in [-0.4, -0.2) is 18.4 Å². The Morgan fingerprint density at radius 3 is 2.50 bits per heavy atom. The Morgan fingerprint density at radius 1 is 0.964 bits per heavy atom. The lowest BCUT2D eigenvalue weighted by Gasteiger charge is -2.08. The number of thiocarbonyl (C=S) groups is 1. The van der Waals surface area contributed by atoms with Gasteiger partial charge in [-0.2, -0.15) is 5.10 Å². The summed E-state index contributed by atoms with van der Waals surface area (Å²) in [6.07, 6.45) is 1.69. The van der Waals surface area contributed by atoms with E-state index in [-0.39, 0.29) is 0 Å². The molecule has 3 aromatic carbocycles. The van der Waals surface area contributed by atoms with E-state index in [0.29, 0.717) is 11.7 Å². The Balaban J connectivity index is 1.46. The number of methoxy groups -OCH3 is 1. The van der Waals surface area contributed by atoms with E-state index in [0.717, 1.165) is 28.3 Å². The summed E-state index contributed by atoms with van der Waals surface area (Å²) in [6.45, 7) is 0.542. The molecule has 0 fully saturated rings. The zero-order chi connectivity index (χ0) is 19.6. The summed E-state index contributed by atoms with van der Waals surface area (Å²) >= 11 is 5.24. The quantitative estimate of drug-likeness (QED) is 0.350. The fraction of sp³-hybridized carbons (Fsp3) is 0.0909. The highest BCUT2D eigenvalue weighted by Gasteiger charge is 1.99. The van der Waals surface area contributed by atoms with Crippen molar-refractivity contribution in [3.8, 4) is 11.5 Å². The predicted molar refractivity (Wildman–Crippen MR) is 117 cm³/mol. The van der Waals surface area contributed by atoms with Gasteiger partial charge in [-0.25, -0.2) is 0 Å². The molecule has 0 atom stereocenters. The maximum Gasteiger partial charge on any atom is 0.191 e. The first-order valence-corrected chi connectivity index (χ1v) is 9.14. The van der Waals surface area contributed by atoms with Gasteiger partial charge in [-0.3, -0.25) is 5.43 Å². The molecule has 5 nitrogen and oxygen atoms in total. The Labute approximate surface area is 170 Å². The van der Waals surface area contributed by atoms with Crippen LogP contribution >= 0.6 is 12.2 Å². The minimum absolute atomic E-state index is 0.396. The van der Waals surface area contributed by atoms with Gasteiger partial charge in [-0.05, 0) is 59.7 Å². The van der Waals surface area contributed by atoms with Crippen molar-refractivity contribution in [2.75, 3.05) is 12.4 Å². The number of hydrogen-bond acceptors (Lipinski definition) is 4. The summed E-state index contributed by atoms with van der Waals surface area (Å²) in [7, 11) is 1.62. The van der Waals surface area contributed by atoms with Crippen LogP contribution in [0.5, 0.6) is 11.5 Å². The lowest BCUT2D eigenvalue weighted by molar-refractivity contribution is 0.306. The third kappa shape index (κ3) is 6.10. The molecule has 0 amide bonds. The molecule has 2 N–H and O–H groups in total. The number of rotatable bonds is 7. The molecule has 0 aliphatic rings. The largest absolute Gasteiger partial charge is 0.497 e. The zero-order valence-electron chi connectivity index (χ0n) is 15.5. The van der Waals surface area contributed by atoms with Gasteiger partial charge in [0.25, 0.3) is 0 Å². The van der Waals surface area contributed by atoms with E-state index in [9.17, 15) is 0 Å². The third-order valence-corrected chi connectivity index (χ3v) is 4.03. The molecule has 28 heavy (non-hydrogen) atoms. The van der Waals surface area contributed by atoms with Gasteiger partial charge >= 0.3 is 0 Å². The lowest BCUT2D eigenvalue weighted by Crippen LogP contribution is -2.23. The number of nitrogens with zero attached hydrogens (tertiary/aromatic N) is 1. The summed E-state index contributed by atoms with van der Waals surface area (Å²) in [5.74, 6) is 1.56. The van der Waals surface area contributed by atoms with E-state index in [1.54, 1.807) is 13.3 Å². The van der Waals surface area contributed by atoms with E-state index in [1.807, 2.05) is 78.9 Å². The van der Waals surface area contributed by atoms with Crippen molar-refractivity contribution in [3.63, 3.8) is 0 Å². The highest BCUT2D eigenvalue weighted by atomic mass is 32.1. The van der Waals surface area contributed by atoms with E-state index >= 15 is 0 Å². The summed E-state index contributed by atoms with van der Waals surface area (Å²) in [4.78, 5) is 0. The molecule has 3 aromatic rings. The molecule has 6 heteroatoms. The smallest absolute Gasteiger partial charge is 0.191 e. The summed E-state index contributed by atoms with van der Waals surface area (Å²) in [6, 6.07) is 25.3. The second-order valence-corrected chi connectivity index (χ2v) is 6.31. The standard InChI is InChI=1S/C22H21N3O2S/c1-26-21-9-5-8-19(14-21)24-22(28)25-23-15-17-10-12-20(13-11-17)27-16-18-6-3-2-4-7-18/h2-15H,16H2,1H3,(H2,24,25,28)/b23-15-. The van der Waals surface area contributed by atoms with Crippen LogP contribution in [0.1, 0.15) is 11.1 Å². The molecule has 0 heterocycles. The maximum atomic E-state index is 5.77. The molecular weight excluding hydrogens is 370 g/mol. The van der Waals surface area contributed by atoms with Crippen LogP contribution in [0.4, 0.5) is 5.69 Å². The summed E-state index contributed by atoms with van der Waals surface area (Å²) in [5.41, 5.74) is 5.69. The van der Waals surface area contributed by atoms with Gasteiger partial charge in [-0.15, -0.1) is 0 Å². The summed E-state index contributed by atoms with van der Waals surface area (Å²) in [5, 5.41) is 7.60. The Hall–Kier alpha value is -3.38. The Bertz CT molecular complexity index is 928. The highest BCUT2D eigenvalue weighted by Crippen LogP contribution is 2.16. The zero-order valence-corrected chi connectivity index (χ0v) is 16.3. The molecule has 0 aliphatic heterocycles. The number of anilines is 1. The SMILES string of the molecule is COc1cccc(NC(=S)N/N=C\c2ccc(OCc3ccccc3)cc2)c1. The molecule has 0 saturated heterocycles. The molecule has 3 rings (SSSR count). The van der Waals surface area contributed by atoms with Crippen LogP contribution in [-0.2, 0) is 6.61 Å². The Kier molecular flexibility index (Phi) is 6.98. The minimum atomic E-state index is 0.396. The molecule has 0 bridgehead atoms. The normalized spacial score (nSPS) is 10.5. The second-order valence-electron chi connectivity index (χ2n) is 5.90. The van der Waals surface area contributed by atoms with Crippen LogP contribution in [0.25, 0.3) is 0 Å². The van der Waals surface area contributed by atoms with Crippen molar-refractivity contribution < 1.29 is 9.47 Å². The summed E-state index contributed by atoms with van der Waals surface area (Å²) < 4.78 is 11.0. The fourth-order valence-electron chi connectivity index (χ4n) is 2.42.